The molecule has 0 atom stereocenters. The molecule has 0 radical (unpaired) electrons. The van der Waals surface area contributed by atoms with Gasteiger partial charge in [-0.3, -0.25) is 0 Å². The van der Waals surface area contributed by atoms with Gasteiger partial charge in [-0.25, -0.2) is 0 Å². The highest BCUT2D eigenvalue weighted by Gasteiger charge is 1.98. The number of rotatable bonds is 22. The van der Waals surface area contributed by atoms with E-state index in [-0.39, 0.29) is 0 Å². The molecule has 1 nitrogen and oxygen atoms in total. The van der Waals surface area contributed by atoms with Crippen LogP contribution in [-0.2, 0) is 0 Å². The SMILES string of the molecule is CCCCCCCCC=CCCCCCCCCCCCCN(CC)CC. The van der Waals surface area contributed by atoms with Crippen molar-refractivity contribution in [1.82, 2.24) is 4.90 Å². The maximum absolute atomic E-state index is 2.55. The Hall–Kier alpha value is -0.300. The Morgan fingerprint density at radius 3 is 1.22 bits per heavy atom. The zero-order valence-electron chi connectivity index (χ0n) is 19.5. The fraction of sp³-hybridized carbons (Fsp3) is 0.923. The predicted molar refractivity (Wildman–Crippen MR) is 126 cm³/mol. The standard InChI is InChI=1S/C26H53N/c1-4-7-8-9-10-11-12-13-14-15-16-17-18-19-20-21-22-23-24-25-26-27(5-2)6-3/h13-14H,4-12,15-26H2,1-3H3. The van der Waals surface area contributed by atoms with E-state index < -0.39 is 0 Å². The molecule has 0 unspecified atom stereocenters. The monoisotopic (exact) mass is 379 g/mol. The highest BCUT2D eigenvalue weighted by Crippen LogP contribution is 2.12. The maximum atomic E-state index is 2.55. The van der Waals surface area contributed by atoms with Gasteiger partial charge in [0.2, 0.25) is 0 Å². The van der Waals surface area contributed by atoms with Crippen molar-refractivity contribution in [2.45, 2.75) is 136 Å². The average Bonchev–Trinajstić information content (AvgIpc) is 2.69. The van der Waals surface area contributed by atoms with Gasteiger partial charge < -0.3 is 4.90 Å². The van der Waals surface area contributed by atoms with Crippen LogP contribution in [0, 0.1) is 0 Å². The lowest BCUT2D eigenvalue weighted by molar-refractivity contribution is 0.295. The van der Waals surface area contributed by atoms with E-state index in [9.17, 15) is 0 Å². The number of allylic oxidation sites excluding steroid dienone is 2. The molecule has 0 aliphatic heterocycles. The molecule has 1 heteroatoms. The molecule has 0 rings (SSSR count). The summed E-state index contributed by atoms with van der Waals surface area (Å²) in [5.41, 5.74) is 0. The topological polar surface area (TPSA) is 3.24 Å². The van der Waals surface area contributed by atoms with E-state index in [1.807, 2.05) is 0 Å². The largest absolute Gasteiger partial charge is 0.304 e. The van der Waals surface area contributed by atoms with E-state index in [1.54, 1.807) is 0 Å². The first kappa shape index (κ1) is 26.7. The molecule has 0 spiro atoms. The van der Waals surface area contributed by atoms with Crippen LogP contribution in [0.2, 0.25) is 0 Å². The van der Waals surface area contributed by atoms with E-state index in [4.69, 9.17) is 0 Å². The lowest BCUT2D eigenvalue weighted by Crippen LogP contribution is -2.23. The van der Waals surface area contributed by atoms with Gasteiger partial charge >= 0.3 is 0 Å². The van der Waals surface area contributed by atoms with E-state index in [0.29, 0.717) is 0 Å². The molecule has 162 valence electrons. The Labute approximate surface area is 173 Å². The zero-order valence-corrected chi connectivity index (χ0v) is 19.5. The van der Waals surface area contributed by atoms with Crippen LogP contribution >= 0.6 is 0 Å². The van der Waals surface area contributed by atoms with E-state index in [0.717, 1.165) is 0 Å². The van der Waals surface area contributed by atoms with Gasteiger partial charge in [-0.2, -0.15) is 0 Å². The minimum atomic E-state index is 1.21. The fourth-order valence-corrected chi connectivity index (χ4v) is 3.83. The quantitative estimate of drug-likeness (QED) is 0.134. The predicted octanol–water partition coefficient (Wildman–Crippen LogP) is 8.93. The first-order valence-corrected chi connectivity index (χ1v) is 12.7. The van der Waals surface area contributed by atoms with Crippen LogP contribution in [0.25, 0.3) is 0 Å². The number of hydrogen-bond acceptors (Lipinski definition) is 1. The number of nitrogens with zero attached hydrogens (tertiary/aromatic N) is 1. The fourth-order valence-electron chi connectivity index (χ4n) is 3.83. The average molecular weight is 380 g/mol. The van der Waals surface area contributed by atoms with Gasteiger partial charge in [-0.15, -0.1) is 0 Å². The maximum Gasteiger partial charge on any atom is -0.00190 e. The van der Waals surface area contributed by atoms with Gasteiger partial charge in [0.1, 0.15) is 0 Å². The molecule has 0 aromatic carbocycles. The highest BCUT2D eigenvalue weighted by atomic mass is 15.1. The Morgan fingerprint density at radius 1 is 0.444 bits per heavy atom. The van der Waals surface area contributed by atoms with Gasteiger partial charge in [0.15, 0.2) is 0 Å². The third kappa shape index (κ3) is 21.9. The summed E-state index contributed by atoms with van der Waals surface area (Å²) < 4.78 is 0. The van der Waals surface area contributed by atoms with Crippen molar-refractivity contribution in [3.05, 3.63) is 12.2 Å². The lowest BCUT2D eigenvalue weighted by atomic mass is 10.1. The van der Waals surface area contributed by atoms with E-state index >= 15 is 0 Å². The number of unbranched alkanes of at least 4 members (excludes halogenated alkanes) is 16. The van der Waals surface area contributed by atoms with Crippen molar-refractivity contribution in [2.24, 2.45) is 0 Å². The molecule has 0 saturated carbocycles. The van der Waals surface area contributed by atoms with Crippen LogP contribution in [0.1, 0.15) is 136 Å². The van der Waals surface area contributed by atoms with Gasteiger partial charge in [-0.05, 0) is 51.7 Å². The van der Waals surface area contributed by atoms with Crippen LogP contribution in [-0.4, -0.2) is 24.5 Å². The summed E-state index contributed by atoms with van der Waals surface area (Å²) in [6, 6.07) is 0. The van der Waals surface area contributed by atoms with Crippen LogP contribution in [0.15, 0.2) is 12.2 Å². The Balaban J connectivity index is 3.11. The Bertz CT molecular complexity index is 280. The second kappa shape index (κ2) is 23.7. The van der Waals surface area contributed by atoms with Crippen molar-refractivity contribution in [1.29, 1.82) is 0 Å². The molecule has 27 heavy (non-hydrogen) atoms. The van der Waals surface area contributed by atoms with Crippen LogP contribution in [0.4, 0.5) is 0 Å². The molecule has 0 bridgehead atoms. The third-order valence-corrected chi connectivity index (χ3v) is 5.88. The molecule has 0 fully saturated rings. The Morgan fingerprint density at radius 2 is 0.815 bits per heavy atom. The normalized spacial score (nSPS) is 11.9. The summed E-state index contributed by atoms with van der Waals surface area (Å²) >= 11 is 0. The molecule has 0 aromatic heterocycles. The van der Waals surface area contributed by atoms with Crippen LogP contribution in [0.3, 0.4) is 0 Å². The van der Waals surface area contributed by atoms with Gasteiger partial charge in [0.05, 0.1) is 0 Å². The summed E-state index contributed by atoms with van der Waals surface area (Å²) in [7, 11) is 0. The Kier molecular flexibility index (Phi) is 23.5. The molecule has 0 aromatic rings. The van der Waals surface area contributed by atoms with Gasteiger partial charge in [0.25, 0.3) is 0 Å². The molecule has 0 amide bonds. The van der Waals surface area contributed by atoms with Gasteiger partial charge in [0, 0.05) is 0 Å². The molecular formula is C26H53N. The van der Waals surface area contributed by atoms with Crippen molar-refractivity contribution < 1.29 is 0 Å². The molecular weight excluding hydrogens is 326 g/mol. The molecule has 0 N–H and O–H groups in total. The summed E-state index contributed by atoms with van der Waals surface area (Å²) in [4.78, 5) is 2.55. The van der Waals surface area contributed by atoms with Crippen LogP contribution < -0.4 is 0 Å². The highest BCUT2D eigenvalue weighted by molar-refractivity contribution is 4.81. The number of hydrogen-bond donors (Lipinski definition) is 0. The van der Waals surface area contributed by atoms with Crippen molar-refractivity contribution in [2.75, 3.05) is 19.6 Å². The second-order valence-corrected chi connectivity index (χ2v) is 8.38. The van der Waals surface area contributed by atoms with Crippen LogP contribution in [0.5, 0.6) is 0 Å². The first-order valence-electron chi connectivity index (χ1n) is 12.7. The smallest absolute Gasteiger partial charge is 0.00190 e. The van der Waals surface area contributed by atoms with Crippen molar-refractivity contribution >= 4 is 0 Å². The third-order valence-electron chi connectivity index (χ3n) is 5.88. The minimum absolute atomic E-state index is 1.21. The molecule has 0 saturated heterocycles. The zero-order chi connectivity index (χ0) is 19.8. The lowest BCUT2D eigenvalue weighted by Gasteiger charge is -2.17. The summed E-state index contributed by atoms with van der Waals surface area (Å²) in [6.07, 6.45) is 30.4. The van der Waals surface area contributed by atoms with E-state index in [1.165, 1.54) is 135 Å². The summed E-state index contributed by atoms with van der Waals surface area (Å²) in [6.45, 7) is 10.6. The summed E-state index contributed by atoms with van der Waals surface area (Å²) in [5.74, 6) is 0. The first-order chi connectivity index (χ1) is 13.3. The van der Waals surface area contributed by atoms with Gasteiger partial charge in [-0.1, -0.05) is 116 Å². The second-order valence-electron chi connectivity index (χ2n) is 8.38. The van der Waals surface area contributed by atoms with E-state index in [2.05, 4.69) is 37.8 Å². The van der Waals surface area contributed by atoms with Crippen molar-refractivity contribution in [3.63, 3.8) is 0 Å². The molecule has 0 aliphatic carbocycles. The molecule has 0 aliphatic rings. The minimum Gasteiger partial charge on any atom is -0.304 e. The molecule has 0 heterocycles. The van der Waals surface area contributed by atoms with Crippen molar-refractivity contribution in [3.8, 4) is 0 Å². The summed E-state index contributed by atoms with van der Waals surface area (Å²) in [5, 5.41) is 0.